The number of halogens is 1. The van der Waals surface area contributed by atoms with Crippen LogP contribution in [0, 0.1) is 13.8 Å². The van der Waals surface area contributed by atoms with Crippen LogP contribution in [0.25, 0.3) is 0 Å². The van der Waals surface area contributed by atoms with Crippen LogP contribution in [0.2, 0.25) is 0 Å². The third kappa shape index (κ3) is 6.10. The smallest absolute Gasteiger partial charge is 0.188 e. The van der Waals surface area contributed by atoms with Gasteiger partial charge in [0.05, 0.1) is 25.4 Å². The van der Waals surface area contributed by atoms with E-state index in [1.54, 1.807) is 7.11 Å². The molecule has 0 radical (unpaired) electrons. The summed E-state index contributed by atoms with van der Waals surface area (Å²) in [6, 6.07) is 0.573. The zero-order chi connectivity index (χ0) is 17.5. The number of aryl methyl sites for hydroxylation is 1. The molecule has 8 heteroatoms. The Morgan fingerprint density at radius 3 is 2.88 bits per heavy atom. The molecule has 1 atom stereocenters. The maximum atomic E-state index is 6.05. The maximum absolute atomic E-state index is 6.05. The molecule has 1 aromatic heterocycles. The number of aromatic nitrogens is 2. The maximum Gasteiger partial charge on any atom is 0.188 e. The fourth-order valence-corrected chi connectivity index (χ4v) is 3.34. The first-order valence-electron chi connectivity index (χ1n) is 8.86. The van der Waals surface area contributed by atoms with E-state index in [0.29, 0.717) is 25.2 Å². The van der Waals surface area contributed by atoms with Crippen LogP contribution in [0.1, 0.15) is 36.7 Å². The molecule has 0 saturated carbocycles. The molecule has 1 aliphatic heterocycles. The summed E-state index contributed by atoms with van der Waals surface area (Å²) in [4.78, 5) is 7.00. The van der Waals surface area contributed by atoms with E-state index in [1.807, 2.05) is 11.6 Å². The van der Waals surface area contributed by atoms with E-state index < -0.39 is 0 Å². The van der Waals surface area contributed by atoms with Crippen molar-refractivity contribution < 1.29 is 4.74 Å². The third-order valence-electron chi connectivity index (χ3n) is 4.87. The minimum absolute atomic E-state index is 0. The lowest BCUT2D eigenvalue weighted by Crippen LogP contribution is -2.42. The molecule has 0 amide bonds. The van der Waals surface area contributed by atoms with Crippen molar-refractivity contribution in [1.82, 2.24) is 20.0 Å². The summed E-state index contributed by atoms with van der Waals surface area (Å²) in [6.45, 7) is 11.4. The molecule has 2 heterocycles. The normalized spacial score (nSPS) is 18.4. The Kier molecular flexibility index (Phi) is 9.73. The second-order valence-electron chi connectivity index (χ2n) is 6.37. The van der Waals surface area contributed by atoms with E-state index in [1.165, 1.54) is 19.4 Å². The van der Waals surface area contributed by atoms with Gasteiger partial charge in [0.25, 0.3) is 0 Å². The highest BCUT2D eigenvalue weighted by Crippen LogP contribution is 2.16. The first kappa shape index (κ1) is 22.2. The lowest BCUT2D eigenvalue weighted by molar-refractivity contribution is 0.182. The Labute approximate surface area is 168 Å². The molecule has 1 aromatic rings. The van der Waals surface area contributed by atoms with Gasteiger partial charge in [0.1, 0.15) is 0 Å². The summed E-state index contributed by atoms with van der Waals surface area (Å²) in [7, 11) is 1.70. The molecule has 0 aliphatic carbocycles. The second kappa shape index (κ2) is 11.0. The van der Waals surface area contributed by atoms with E-state index in [-0.39, 0.29) is 24.0 Å². The third-order valence-corrected chi connectivity index (χ3v) is 4.87. The number of methoxy groups -OCH3 is 1. The van der Waals surface area contributed by atoms with Crippen molar-refractivity contribution in [3.8, 4) is 0 Å². The van der Waals surface area contributed by atoms with Crippen LogP contribution in [-0.4, -0.2) is 60.0 Å². The van der Waals surface area contributed by atoms with E-state index in [2.05, 4.69) is 34.2 Å². The van der Waals surface area contributed by atoms with Crippen LogP contribution < -0.4 is 11.1 Å². The molecule has 0 aromatic carbocycles. The summed E-state index contributed by atoms with van der Waals surface area (Å²) in [5, 5.41) is 7.83. The fourth-order valence-electron chi connectivity index (χ4n) is 3.34. The molecule has 7 nitrogen and oxygen atoms in total. The predicted octanol–water partition coefficient (Wildman–Crippen LogP) is 1.65. The van der Waals surface area contributed by atoms with Crippen molar-refractivity contribution >= 4 is 29.9 Å². The van der Waals surface area contributed by atoms with Gasteiger partial charge in [-0.2, -0.15) is 5.10 Å². The number of hydrogen-bond acceptors (Lipinski definition) is 4. The monoisotopic (exact) mass is 464 g/mol. The molecule has 3 N–H and O–H groups in total. The highest BCUT2D eigenvalue weighted by molar-refractivity contribution is 14.0. The van der Waals surface area contributed by atoms with Gasteiger partial charge in [0, 0.05) is 31.0 Å². The first-order chi connectivity index (χ1) is 11.6. The molecule has 0 bridgehead atoms. The Balaban J connectivity index is 0.00000312. The topological polar surface area (TPSA) is 80.7 Å². The number of nitrogens with zero attached hydrogens (tertiary/aromatic N) is 4. The molecular weight excluding hydrogens is 431 g/mol. The van der Waals surface area contributed by atoms with Crippen LogP contribution in [0.4, 0.5) is 0 Å². The molecule has 1 unspecified atom stereocenters. The molecule has 2 rings (SSSR count). The van der Waals surface area contributed by atoms with Crippen molar-refractivity contribution in [2.24, 2.45) is 10.7 Å². The minimum Gasteiger partial charge on any atom is -0.383 e. The van der Waals surface area contributed by atoms with E-state index in [4.69, 9.17) is 10.5 Å². The molecule has 1 aliphatic rings. The number of likely N-dealkylation sites (tertiary alicyclic amines) is 1. The van der Waals surface area contributed by atoms with Gasteiger partial charge in [-0.3, -0.25) is 9.58 Å². The SMILES string of the molecule is CCN1CCCC1CNC(N)=NCc1c(C)nn(CCOC)c1C.I. The molecule has 1 saturated heterocycles. The van der Waals surface area contributed by atoms with Gasteiger partial charge in [-0.25, -0.2) is 4.99 Å². The summed E-state index contributed by atoms with van der Waals surface area (Å²) in [5.74, 6) is 0.515. The lowest BCUT2D eigenvalue weighted by atomic mass is 10.2. The van der Waals surface area contributed by atoms with Crippen LogP contribution >= 0.6 is 24.0 Å². The van der Waals surface area contributed by atoms with Gasteiger partial charge in [-0.05, 0) is 39.8 Å². The average Bonchev–Trinajstić information content (AvgIpc) is 3.13. The number of guanidine groups is 1. The van der Waals surface area contributed by atoms with Crippen LogP contribution in [-0.2, 0) is 17.8 Å². The van der Waals surface area contributed by atoms with Gasteiger partial charge >= 0.3 is 0 Å². The van der Waals surface area contributed by atoms with Crippen molar-refractivity contribution in [2.45, 2.75) is 52.7 Å². The molecule has 144 valence electrons. The summed E-state index contributed by atoms with van der Waals surface area (Å²) < 4.78 is 7.10. The number of hydrogen-bond donors (Lipinski definition) is 2. The lowest BCUT2D eigenvalue weighted by Gasteiger charge is -2.23. The van der Waals surface area contributed by atoms with Gasteiger partial charge in [0.15, 0.2) is 5.96 Å². The highest BCUT2D eigenvalue weighted by atomic mass is 127. The van der Waals surface area contributed by atoms with Crippen LogP contribution in [0.3, 0.4) is 0 Å². The number of nitrogens with one attached hydrogen (secondary N) is 1. The highest BCUT2D eigenvalue weighted by Gasteiger charge is 2.22. The zero-order valence-corrected chi connectivity index (χ0v) is 18.2. The average molecular weight is 464 g/mol. The molecule has 25 heavy (non-hydrogen) atoms. The van der Waals surface area contributed by atoms with Crippen molar-refractivity contribution in [1.29, 1.82) is 0 Å². The first-order valence-corrected chi connectivity index (χ1v) is 8.86. The van der Waals surface area contributed by atoms with Crippen molar-refractivity contribution in [3.63, 3.8) is 0 Å². The van der Waals surface area contributed by atoms with E-state index in [9.17, 15) is 0 Å². The molecule has 1 fully saturated rings. The second-order valence-corrected chi connectivity index (χ2v) is 6.37. The van der Waals surface area contributed by atoms with Gasteiger partial charge in [-0.1, -0.05) is 6.92 Å². The number of ether oxygens (including phenoxy) is 1. The van der Waals surface area contributed by atoms with Crippen molar-refractivity contribution in [3.05, 3.63) is 17.0 Å². The summed E-state index contributed by atoms with van der Waals surface area (Å²) >= 11 is 0. The summed E-state index contributed by atoms with van der Waals surface area (Å²) in [6.07, 6.45) is 2.51. The quantitative estimate of drug-likeness (QED) is 0.348. The molecule has 0 spiro atoms. The standard InChI is InChI=1S/C17H32N6O.HI/c1-5-22-8-6-7-15(22)11-19-17(18)20-12-16-13(2)21-23(14(16)3)9-10-24-4;/h15H,5-12H2,1-4H3,(H3,18,19,20);1H. The Morgan fingerprint density at radius 2 is 2.20 bits per heavy atom. The van der Waals surface area contributed by atoms with E-state index in [0.717, 1.165) is 36.6 Å². The van der Waals surface area contributed by atoms with Gasteiger partial charge < -0.3 is 15.8 Å². The zero-order valence-electron chi connectivity index (χ0n) is 15.9. The number of nitrogens with two attached hydrogens (primary N) is 1. The number of likely N-dealkylation sites (N-methyl/N-ethyl adjacent to an activating group) is 1. The summed E-state index contributed by atoms with van der Waals surface area (Å²) in [5.41, 5.74) is 9.33. The number of rotatable bonds is 8. The van der Waals surface area contributed by atoms with Crippen LogP contribution in [0.5, 0.6) is 0 Å². The molecular formula is C17H33IN6O. The number of aliphatic imine (C=N–C) groups is 1. The Bertz CT molecular complexity index is 560. The van der Waals surface area contributed by atoms with Gasteiger partial charge in [-0.15, -0.1) is 24.0 Å². The van der Waals surface area contributed by atoms with E-state index >= 15 is 0 Å². The van der Waals surface area contributed by atoms with Crippen LogP contribution in [0.15, 0.2) is 4.99 Å². The van der Waals surface area contributed by atoms with Crippen molar-refractivity contribution in [2.75, 3.05) is 33.4 Å². The Morgan fingerprint density at radius 1 is 1.44 bits per heavy atom. The minimum atomic E-state index is 0. The largest absolute Gasteiger partial charge is 0.383 e. The fraction of sp³-hybridized carbons (Fsp3) is 0.765. The Hall–Kier alpha value is -0.870. The van der Waals surface area contributed by atoms with Gasteiger partial charge in [0.2, 0.25) is 0 Å². The predicted molar refractivity (Wildman–Crippen MR) is 113 cm³/mol.